The Hall–Kier alpha value is -3.28. The fourth-order valence-electron chi connectivity index (χ4n) is 4.07. The van der Waals surface area contributed by atoms with E-state index in [1.165, 1.54) is 5.56 Å². The molecule has 0 fully saturated rings. The molecule has 0 bridgehead atoms. The summed E-state index contributed by atoms with van der Waals surface area (Å²) in [6, 6.07) is 24.3. The first-order valence-electron chi connectivity index (χ1n) is 13.2. The minimum absolute atomic E-state index is 0.617. The lowest BCUT2D eigenvalue weighted by Crippen LogP contribution is -2.20. The normalized spacial score (nSPS) is 11.0. The smallest absolute Gasteiger partial charge is 0.119 e. The van der Waals surface area contributed by atoms with E-state index < -0.39 is 0 Å². The largest absolute Gasteiger partial charge is 0.493 e. The molecule has 0 amide bonds. The van der Waals surface area contributed by atoms with Crippen molar-refractivity contribution in [3.63, 3.8) is 0 Å². The van der Waals surface area contributed by atoms with Gasteiger partial charge in [-0.1, -0.05) is 44.0 Å². The summed E-state index contributed by atoms with van der Waals surface area (Å²) in [5.41, 5.74) is 4.33. The number of rotatable bonds is 14. The van der Waals surface area contributed by atoms with E-state index in [0.717, 1.165) is 78.1 Å². The minimum Gasteiger partial charge on any atom is -0.493 e. The number of halogens is 1. The third-order valence-electron chi connectivity index (χ3n) is 6.17. The second kappa shape index (κ2) is 13.9. The topological polar surface area (TPSA) is 48.3 Å². The molecule has 1 heterocycles. The number of unbranched alkanes of at least 4 members (excludes halogenated alkanes) is 1. The second-order valence-electron chi connectivity index (χ2n) is 8.96. The van der Waals surface area contributed by atoms with Crippen molar-refractivity contribution in [1.82, 2.24) is 14.9 Å². The van der Waals surface area contributed by atoms with E-state index >= 15 is 0 Å². The standard InChI is InChI=1S/C31H36ClN3O2/c1-3-5-6-31-34-30(23-35(31)27-13-17-29(18-14-27)37-22-20-33-4-2)25-9-15-28(16-10-25)36-21-19-24-7-11-26(32)12-8-24/h7-18,23,33H,3-6,19-22H2,1-2H3. The highest BCUT2D eigenvalue weighted by atomic mass is 35.5. The molecule has 4 aromatic rings. The van der Waals surface area contributed by atoms with Crippen molar-refractivity contribution in [3.05, 3.63) is 95.4 Å². The van der Waals surface area contributed by atoms with Gasteiger partial charge in [0.1, 0.15) is 23.9 Å². The van der Waals surface area contributed by atoms with Crippen LogP contribution in [0.25, 0.3) is 16.9 Å². The fourth-order valence-corrected chi connectivity index (χ4v) is 4.20. The van der Waals surface area contributed by atoms with Crippen LogP contribution in [0, 0.1) is 0 Å². The summed E-state index contributed by atoms with van der Waals surface area (Å²) in [6.07, 6.45) is 6.13. The Labute approximate surface area is 225 Å². The van der Waals surface area contributed by atoms with Gasteiger partial charge < -0.3 is 19.4 Å². The molecular formula is C31H36ClN3O2. The van der Waals surface area contributed by atoms with Gasteiger partial charge in [-0.2, -0.15) is 0 Å². The number of hydrogen-bond donors (Lipinski definition) is 1. The van der Waals surface area contributed by atoms with Crippen molar-refractivity contribution in [2.75, 3.05) is 26.3 Å². The molecule has 0 spiro atoms. The van der Waals surface area contributed by atoms with E-state index in [0.29, 0.717) is 13.2 Å². The summed E-state index contributed by atoms with van der Waals surface area (Å²) in [5, 5.41) is 4.03. The van der Waals surface area contributed by atoms with Gasteiger partial charge in [-0.25, -0.2) is 4.98 Å². The summed E-state index contributed by atoms with van der Waals surface area (Å²) in [4.78, 5) is 5.00. The Morgan fingerprint density at radius 3 is 2.16 bits per heavy atom. The van der Waals surface area contributed by atoms with Gasteiger partial charge in [0.15, 0.2) is 0 Å². The average molecular weight is 518 g/mol. The summed E-state index contributed by atoms with van der Waals surface area (Å²) in [5.74, 6) is 2.80. The quantitative estimate of drug-likeness (QED) is 0.180. The number of nitrogens with one attached hydrogen (secondary N) is 1. The van der Waals surface area contributed by atoms with Gasteiger partial charge in [-0.15, -0.1) is 0 Å². The molecule has 0 atom stereocenters. The van der Waals surface area contributed by atoms with E-state index in [9.17, 15) is 0 Å². The molecule has 37 heavy (non-hydrogen) atoms. The van der Waals surface area contributed by atoms with Crippen molar-refractivity contribution in [3.8, 4) is 28.4 Å². The lowest BCUT2D eigenvalue weighted by molar-refractivity contribution is 0.315. The van der Waals surface area contributed by atoms with E-state index in [4.69, 9.17) is 26.1 Å². The molecule has 3 aromatic carbocycles. The van der Waals surface area contributed by atoms with Gasteiger partial charge >= 0.3 is 0 Å². The minimum atomic E-state index is 0.617. The number of hydrogen-bond acceptors (Lipinski definition) is 4. The van der Waals surface area contributed by atoms with Crippen LogP contribution in [-0.2, 0) is 12.8 Å². The van der Waals surface area contributed by atoms with E-state index in [-0.39, 0.29) is 0 Å². The zero-order valence-electron chi connectivity index (χ0n) is 21.8. The maximum absolute atomic E-state index is 5.96. The third-order valence-corrected chi connectivity index (χ3v) is 6.42. The fraction of sp³-hybridized carbons (Fsp3) is 0.323. The summed E-state index contributed by atoms with van der Waals surface area (Å²) >= 11 is 5.96. The predicted octanol–water partition coefficient (Wildman–Crippen LogP) is 7.15. The molecule has 0 saturated heterocycles. The Kier molecular flexibility index (Phi) is 10.0. The molecule has 194 valence electrons. The number of likely N-dealkylation sites (N-methyl/N-ethyl adjacent to an activating group) is 1. The zero-order chi connectivity index (χ0) is 25.9. The number of imidazole rings is 1. The van der Waals surface area contributed by atoms with Crippen LogP contribution in [0.5, 0.6) is 11.5 Å². The molecule has 1 aromatic heterocycles. The van der Waals surface area contributed by atoms with Gasteiger partial charge in [0.2, 0.25) is 0 Å². The molecule has 6 heteroatoms. The highest BCUT2D eigenvalue weighted by molar-refractivity contribution is 6.30. The number of benzene rings is 3. The molecule has 0 saturated carbocycles. The number of aromatic nitrogens is 2. The predicted molar refractivity (Wildman–Crippen MR) is 152 cm³/mol. The Balaban J connectivity index is 1.42. The molecule has 4 rings (SSSR count). The van der Waals surface area contributed by atoms with Crippen molar-refractivity contribution in [2.45, 2.75) is 39.5 Å². The van der Waals surface area contributed by atoms with Gasteiger partial charge in [-0.3, -0.25) is 0 Å². The van der Waals surface area contributed by atoms with Crippen LogP contribution >= 0.6 is 11.6 Å². The van der Waals surface area contributed by atoms with E-state index in [1.807, 2.05) is 48.5 Å². The summed E-state index contributed by atoms with van der Waals surface area (Å²) < 4.78 is 14.0. The monoisotopic (exact) mass is 517 g/mol. The summed E-state index contributed by atoms with van der Waals surface area (Å²) in [7, 11) is 0. The van der Waals surface area contributed by atoms with Crippen molar-refractivity contribution >= 4 is 11.6 Å². The highest BCUT2D eigenvalue weighted by Crippen LogP contribution is 2.26. The molecule has 5 nitrogen and oxygen atoms in total. The van der Waals surface area contributed by atoms with Crippen molar-refractivity contribution in [1.29, 1.82) is 0 Å². The number of ether oxygens (including phenoxy) is 2. The Morgan fingerprint density at radius 2 is 1.49 bits per heavy atom. The van der Waals surface area contributed by atoms with Crippen LogP contribution in [0.15, 0.2) is 79.0 Å². The maximum Gasteiger partial charge on any atom is 0.119 e. The van der Waals surface area contributed by atoms with Crippen LogP contribution in [0.1, 0.15) is 38.1 Å². The van der Waals surface area contributed by atoms with E-state index in [1.54, 1.807) is 0 Å². The Morgan fingerprint density at radius 1 is 0.811 bits per heavy atom. The molecule has 0 aliphatic carbocycles. The number of nitrogens with zero attached hydrogens (tertiary/aromatic N) is 2. The first kappa shape index (κ1) is 26.8. The van der Waals surface area contributed by atoms with Gasteiger partial charge in [0.05, 0.1) is 12.3 Å². The van der Waals surface area contributed by atoms with Gasteiger partial charge in [0.25, 0.3) is 0 Å². The SMILES string of the molecule is CCCCc1nc(-c2ccc(OCCc3ccc(Cl)cc3)cc2)cn1-c1ccc(OCCNCC)cc1. The van der Waals surface area contributed by atoms with Crippen molar-refractivity contribution in [2.24, 2.45) is 0 Å². The lowest BCUT2D eigenvalue weighted by atomic mass is 10.1. The van der Waals surface area contributed by atoms with E-state index in [2.05, 4.69) is 54.2 Å². The lowest BCUT2D eigenvalue weighted by Gasteiger charge is -2.10. The van der Waals surface area contributed by atoms with Crippen LogP contribution in [0.4, 0.5) is 0 Å². The van der Waals surface area contributed by atoms with Gasteiger partial charge in [0, 0.05) is 41.9 Å². The van der Waals surface area contributed by atoms with Crippen LogP contribution < -0.4 is 14.8 Å². The zero-order valence-corrected chi connectivity index (χ0v) is 22.5. The molecular weight excluding hydrogens is 482 g/mol. The van der Waals surface area contributed by atoms with Crippen LogP contribution in [0.3, 0.4) is 0 Å². The van der Waals surface area contributed by atoms with Crippen LogP contribution in [0.2, 0.25) is 5.02 Å². The molecule has 0 aliphatic rings. The Bertz CT molecular complexity index is 1220. The average Bonchev–Trinajstić information content (AvgIpc) is 3.36. The summed E-state index contributed by atoms with van der Waals surface area (Å²) in [6.45, 7) is 7.37. The molecule has 0 aliphatic heterocycles. The highest BCUT2D eigenvalue weighted by Gasteiger charge is 2.12. The molecule has 1 N–H and O–H groups in total. The second-order valence-corrected chi connectivity index (χ2v) is 9.40. The number of aryl methyl sites for hydroxylation is 1. The third kappa shape index (κ3) is 7.85. The molecule has 0 radical (unpaired) electrons. The first-order chi connectivity index (χ1) is 18.2. The first-order valence-corrected chi connectivity index (χ1v) is 13.5. The maximum atomic E-state index is 5.96. The van der Waals surface area contributed by atoms with Gasteiger partial charge in [-0.05, 0) is 79.2 Å². The molecule has 0 unspecified atom stereocenters. The van der Waals surface area contributed by atoms with Crippen LogP contribution in [-0.4, -0.2) is 35.9 Å². The van der Waals surface area contributed by atoms with Crippen molar-refractivity contribution < 1.29 is 9.47 Å².